The Morgan fingerprint density at radius 1 is 0.972 bits per heavy atom. The molecule has 4 rings (SSSR count). The third kappa shape index (κ3) is 4.77. The van der Waals surface area contributed by atoms with E-state index in [9.17, 15) is 18.4 Å². The lowest BCUT2D eigenvalue weighted by molar-refractivity contribution is 0.0940. The number of carbonyl (C=O) groups excluding carboxylic acids is 2. The Bertz CT molecular complexity index is 1390. The molecule has 0 aliphatic carbocycles. The van der Waals surface area contributed by atoms with Gasteiger partial charge in [0, 0.05) is 35.3 Å². The summed E-state index contributed by atoms with van der Waals surface area (Å²) in [6.45, 7) is 3.68. The van der Waals surface area contributed by atoms with Crippen LogP contribution in [0.5, 0.6) is 5.75 Å². The number of ether oxygens (including phenoxy) is 1. The maximum atomic E-state index is 14.5. The van der Waals surface area contributed by atoms with Crippen molar-refractivity contribution in [1.82, 2.24) is 9.88 Å². The smallest absolute Gasteiger partial charge is 0.268 e. The van der Waals surface area contributed by atoms with E-state index in [0.717, 1.165) is 5.56 Å². The van der Waals surface area contributed by atoms with Crippen molar-refractivity contribution in [3.8, 4) is 28.0 Å². The second-order valence-corrected chi connectivity index (χ2v) is 8.58. The van der Waals surface area contributed by atoms with Gasteiger partial charge in [-0.25, -0.2) is 8.78 Å². The van der Waals surface area contributed by atoms with Crippen molar-refractivity contribution in [2.45, 2.75) is 26.4 Å². The predicted molar refractivity (Wildman–Crippen MR) is 135 cm³/mol. The highest BCUT2D eigenvalue weighted by Crippen LogP contribution is 2.41. The molecule has 1 amide bonds. The second kappa shape index (κ2) is 10.6. The number of rotatable bonds is 8. The molecular weight excluding hydrogens is 462 g/mol. The summed E-state index contributed by atoms with van der Waals surface area (Å²) in [5.74, 6) is -0.996. The van der Waals surface area contributed by atoms with Crippen molar-refractivity contribution in [3.63, 3.8) is 0 Å². The molecule has 1 heterocycles. The molecule has 0 atom stereocenters. The van der Waals surface area contributed by atoms with Crippen LogP contribution in [0, 0.1) is 11.6 Å². The van der Waals surface area contributed by atoms with Crippen LogP contribution < -0.4 is 10.1 Å². The highest BCUT2D eigenvalue weighted by Gasteiger charge is 2.30. The van der Waals surface area contributed by atoms with Gasteiger partial charge in [-0.3, -0.25) is 9.59 Å². The number of aromatic nitrogens is 1. The van der Waals surface area contributed by atoms with Gasteiger partial charge < -0.3 is 14.6 Å². The summed E-state index contributed by atoms with van der Waals surface area (Å²) in [5.41, 5.74) is 3.27. The third-order valence-electron chi connectivity index (χ3n) is 5.98. The Kier molecular flexibility index (Phi) is 7.29. The summed E-state index contributed by atoms with van der Waals surface area (Å²) < 4.78 is 34.9. The summed E-state index contributed by atoms with van der Waals surface area (Å²) in [6.07, 6.45) is 0.713. The molecule has 3 aromatic carbocycles. The molecule has 0 radical (unpaired) electrons. The quantitative estimate of drug-likeness (QED) is 0.291. The summed E-state index contributed by atoms with van der Waals surface area (Å²) in [5, 5.41) is 2.81. The Hall–Kier alpha value is -4.26. The normalized spacial score (nSPS) is 10.9. The number of halogens is 2. The number of carbonyl (C=O) groups is 2. The van der Waals surface area contributed by atoms with E-state index in [1.165, 1.54) is 25.3 Å². The number of nitrogens with zero attached hydrogens (tertiary/aromatic N) is 1. The van der Waals surface area contributed by atoms with E-state index in [1.807, 2.05) is 44.2 Å². The summed E-state index contributed by atoms with van der Waals surface area (Å²) >= 11 is 0. The molecule has 0 aliphatic heterocycles. The highest BCUT2D eigenvalue weighted by atomic mass is 19.1. The Morgan fingerprint density at radius 3 is 2.22 bits per heavy atom. The minimum atomic E-state index is -0.502. The molecule has 7 heteroatoms. The zero-order valence-electron chi connectivity index (χ0n) is 20.2. The van der Waals surface area contributed by atoms with Crippen LogP contribution in [0.3, 0.4) is 0 Å². The van der Waals surface area contributed by atoms with Crippen molar-refractivity contribution in [2.75, 3.05) is 7.11 Å². The number of hydrogen-bond donors (Lipinski definition) is 1. The lowest BCUT2D eigenvalue weighted by Crippen LogP contribution is -2.27. The first kappa shape index (κ1) is 24.9. The molecule has 0 fully saturated rings. The molecule has 0 aliphatic rings. The predicted octanol–water partition coefficient (Wildman–Crippen LogP) is 6.43. The fraction of sp³-hybridized carbons (Fsp3) is 0.172. The highest BCUT2D eigenvalue weighted by molar-refractivity contribution is 6.08. The first-order valence-corrected chi connectivity index (χ1v) is 11.5. The van der Waals surface area contributed by atoms with Gasteiger partial charge in [-0.05, 0) is 43.2 Å². The van der Waals surface area contributed by atoms with Crippen LogP contribution in [0.4, 0.5) is 8.78 Å². The molecule has 4 aromatic rings. The van der Waals surface area contributed by atoms with Crippen molar-refractivity contribution in [3.05, 3.63) is 101 Å². The topological polar surface area (TPSA) is 60.3 Å². The van der Waals surface area contributed by atoms with Crippen LogP contribution in [0.25, 0.3) is 22.3 Å². The van der Waals surface area contributed by atoms with Gasteiger partial charge in [0.1, 0.15) is 23.1 Å². The number of nitrogens with one attached hydrogen (secondary N) is 1. The van der Waals surface area contributed by atoms with E-state index in [-0.39, 0.29) is 18.3 Å². The number of aldehydes is 1. The molecule has 0 spiro atoms. The molecule has 1 aromatic heterocycles. The molecule has 0 unspecified atom stereocenters. The fourth-order valence-corrected chi connectivity index (χ4v) is 4.34. The monoisotopic (exact) mass is 488 g/mol. The maximum absolute atomic E-state index is 14.5. The minimum absolute atomic E-state index is 0.0610. The van der Waals surface area contributed by atoms with Gasteiger partial charge in [0.25, 0.3) is 5.91 Å². The average molecular weight is 489 g/mol. The SMILES string of the molecule is COc1ccc(CNC(=O)c2c(-c3ccccc3)c(-c3ccc(F)cc3)c(C=O)n2C(C)C)c(F)c1. The molecule has 0 saturated carbocycles. The minimum Gasteiger partial charge on any atom is -0.497 e. The van der Waals surface area contributed by atoms with Crippen molar-refractivity contribution < 1.29 is 23.1 Å². The van der Waals surface area contributed by atoms with Gasteiger partial charge in [-0.15, -0.1) is 0 Å². The zero-order valence-corrected chi connectivity index (χ0v) is 20.2. The van der Waals surface area contributed by atoms with Gasteiger partial charge in [-0.1, -0.05) is 48.5 Å². The first-order chi connectivity index (χ1) is 17.3. The number of benzene rings is 3. The van der Waals surface area contributed by atoms with Crippen LogP contribution in [0.2, 0.25) is 0 Å². The molecule has 0 bridgehead atoms. The van der Waals surface area contributed by atoms with E-state index < -0.39 is 17.5 Å². The Balaban J connectivity index is 1.88. The first-order valence-electron chi connectivity index (χ1n) is 11.5. The van der Waals surface area contributed by atoms with Gasteiger partial charge in [-0.2, -0.15) is 0 Å². The van der Waals surface area contributed by atoms with E-state index in [2.05, 4.69) is 5.32 Å². The van der Waals surface area contributed by atoms with Crippen molar-refractivity contribution in [1.29, 1.82) is 0 Å². The van der Waals surface area contributed by atoms with Crippen LogP contribution in [-0.2, 0) is 6.54 Å². The standard InChI is InChI=1S/C29H26F2N2O3/c1-18(2)33-25(17-34)26(20-9-12-22(30)13-10-20)27(19-7-5-4-6-8-19)28(33)29(35)32-16-21-11-14-23(36-3)15-24(21)31/h4-15,17-18H,16H2,1-3H3,(H,32,35). The molecule has 184 valence electrons. The van der Waals surface area contributed by atoms with Crippen molar-refractivity contribution >= 4 is 12.2 Å². The van der Waals surface area contributed by atoms with Gasteiger partial charge >= 0.3 is 0 Å². The van der Waals surface area contributed by atoms with Crippen molar-refractivity contribution in [2.24, 2.45) is 0 Å². The summed E-state index contributed by atoms with van der Waals surface area (Å²) in [4.78, 5) is 26.1. The van der Waals surface area contributed by atoms with Gasteiger partial charge in [0.05, 0.1) is 12.8 Å². The second-order valence-electron chi connectivity index (χ2n) is 8.58. The van der Waals surface area contributed by atoms with E-state index in [4.69, 9.17) is 4.74 Å². The summed E-state index contributed by atoms with van der Waals surface area (Å²) in [6, 6.07) is 19.2. The fourth-order valence-electron chi connectivity index (χ4n) is 4.34. The van der Waals surface area contributed by atoms with E-state index >= 15 is 0 Å². The zero-order chi connectivity index (χ0) is 25.8. The lowest BCUT2D eigenvalue weighted by Gasteiger charge is -2.16. The van der Waals surface area contributed by atoms with E-state index in [0.29, 0.717) is 40.0 Å². The molecule has 1 N–H and O–H groups in total. The number of amides is 1. The number of methoxy groups -OCH3 is 1. The van der Waals surface area contributed by atoms with E-state index in [1.54, 1.807) is 28.8 Å². The van der Waals surface area contributed by atoms with Gasteiger partial charge in [0.15, 0.2) is 6.29 Å². The molecular formula is C29H26F2N2O3. The largest absolute Gasteiger partial charge is 0.497 e. The summed E-state index contributed by atoms with van der Waals surface area (Å²) in [7, 11) is 1.45. The maximum Gasteiger partial charge on any atom is 0.268 e. The molecule has 0 saturated heterocycles. The van der Waals surface area contributed by atoms with Crippen LogP contribution in [0.15, 0.2) is 72.8 Å². The average Bonchev–Trinajstić information content (AvgIpc) is 3.24. The lowest BCUT2D eigenvalue weighted by atomic mass is 9.94. The van der Waals surface area contributed by atoms with Gasteiger partial charge in [0.2, 0.25) is 0 Å². The molecule has 5 nitrogen and oxygen atoms in total. The molecule has 36 heavy (non-hydrogen) atoms. The third-order valence-corrected chi connectivity index (χ3v) is 5.98. The Morgan fingerprint density at radius 2 is 1.64 bits per heavy atom. The Labute approximate surface area is 208 Å². The van der Waals surface area contributed by atoms with Crippen LogP contribution in [-0.4, -0.2) is 23.9 Å². The van der Waals surface area contributed by atoms with Crippen LogP contribution in [0.1, 0.15) is 46.4 Å². The van der Waals surface area contributed by atoms with Crippen LogP contribution >= 0.6 is 0 Å². The number of hydrogen-bond acceptors (Lipinski definition) is 3.